The third kappa shape index (κ3) is 5.10. The molecule has 0 aromatic heterocycles. The first-order chi connectivity index (χ1) is 12.5. The van der Waals surface area contributed by atoms with Gasteiger partial charge in [-0.15, -0.1) is 0 Å². The highest BCUT2D eigenvalue weighted by atomic mass is 35.5. The van der Waals surface area contributed by atoms with Crippen molar-refractivity contribution in [3.05, 3.63) is 64.2 Å². The molecule has 4 nitrogen and oxygen atoms in total. The summed E-state index contributed by atoms with van der Waals surface area (Å²) in [5.41, 5.74) is 1.99. The number of ketones is 1. The molecule has 138 valence electrons. The number of aromatic hydroxyl groups is 1. The summed E-state index contributed by atoms with van der Waals surface area (Å²) in [6.45, 7) is 6.59. The van der Waals surface area contributed by atoms with Gasteiger partial charge in [-0.1, -0.05) is 43.7 Å². The van der Waals surface area contributed by atoms with Crippen LogP contribution in [0.2, 0.25) is 5.02 Å². The van der Waals surface area contributed by atoms with E-state index in [4.69, 9.17) is 16.3 Å². The molecule has 2 aromatic carbocycles. The fourth-order valence-corrected chi connectivity index (χ4v) is 2.77. The predicted octanol–water partition coefficient (Wildman–Crippen LogP) is 4.79. The summed E-state index contributed by atoms with van der Waals surface area (Å²) in [5, 5.41) is 10.9. The van der Waals surface area contributed by atoms with E-state index >= 15 is 0 Å². The molecular formula is C21H24ClNO3. The highest BCUT2D eigenvalue weighted by Gasteiger charge is 2.15. The topological polar surface area (TPSA) is 49.8 Å². The van der Waals surface area contributed by atoms with Gasteiger partial charge in [0.25, 0.3) is 0 Å². The van der Waals surface area contributed by atoms with Gasteiger partial charge in [-0.25, -0.2) is 0 Å². The van der Waals surface area contributed by atoms with Gasteiger partial charge in [0, 0.05) is 23.2 Å². The molecule has 1 N–H and O–H groups in total. The molecule has 0 aliphatic rings. The van der Waals surface area contributed by atoms with Gasteiger partial charge in [0.05, 0.1) is 12.7 Å². The number of benzene rings is 2. The first-order valence-electron chi connectivity index (χ1n) is 8.58. The highest BCUT2D eigenvalue weighted by Crippen LogP contribution is 2.30. The van der Waals surface area contributed by atoms with Crippen LogP contribution in [0.4, 0.5) is 0 Å². The van der Waals surface area contributed by atoms with Gasteiger partial charge >= 0.3 is 0 Å². The smallest absolute Gasteiger partial charge is 0.189 e. The summed E-state index contributed by atoms with van der Waals surface area (Å²) in [6, 6.07) is 10.4. The molecule has 0 bridgehead atoms. The molecule has 0 radical (unpaired) electrons. The Kier molecular flexibility index (Phi) is 7.25. The van der Waals surface area contributed by atoms with E-state index in [-0.39, 0.29) is 17.1 Å². The summed E-state index contributed by atoms with van der Waals surface area (Å²) >= 11 is 5.86. The van der Waals surface area contributed by atoms with Crippen LogP contribution in [0.15, 0.2) is 42.5 Å². The molecule has 0 saturated carbocycles. The average Bonchev–Trinajstić information content (AvgIpc) is 2.65. The fourth-order valence-electron chi connectivity index (χ4n) is 2.65. The van der Waals surface area contributed by atoms with Crippen LogP contribution in [0, 0.1) is 0 Å². The van der Waals surface area contributed by atoms with Gasteiger partial charge in [-0.05, 0) is 42.9 Å². The number of allylic oxidation sites excluding steroid dienone is 1. The Bertz CT molecular complexity index is 781. The molecule has 0 atom stereocenters. The van der Waals surface area contributed by atoms with E-state index in [9.17, 15) is 9.90 Å². The SMILES string of the molecule is CCN(CC)Cc1cc(C(=O)/C=C/c2ccc(Cl)cc2)c(O)cc1OC. The van der Waals surface area contributed by atoms with Gasteiger partial charge in [-0.2, -0.15) is 0 Å². The molecule has 0 heterocycles. The fraction of sp³-hybridized carbons (Fsp3) is 0.286. The minimum absolute atomic E-state index is 0.0871. The third-order valence-electron chi connectivity index (χ3n) is 4.25. The maximum Gasteiger partial charge on any atom is 0.189 e. The lowest BCUT2D eigenvalue weighted by atomic mass is 10.0. The van der Waals surface area contributed by atoms with Crippen molar-refractivity contribution >= 4 is 23.5 Å². The summed E-state index contributed by atoms with van der Waals surface area (Å²) in [5.74, 6) is 0.226. The second-order valence-corrected chi connectivity index (χ2v) is 6.33. The minimum Gasteiger partial charge on any atom is -0.507 e. The predicted molar refractivity (Wildman–Crippen MR) is 106 cm³/mol. The van der Waals surface area contributed by atoms with E-state index in [1.807, 2.05) is 12.1 Å². The van der Waals surface area contributed by atoms with Crippen LogP contribution in [0.3, 0.4) is 0 Å². The Morgan fingerprint density at radius 3 is 2.42 bits per heavy atom. The second kappa shape index (κ2) is 9.41. The number of halogens is 1. The lowest BCUT2D eigenvalue weighted by Gasteiger charge is -2.20. The molecule has 0 saturated heterocycles. The monoisotopic (exact) mass is 373 g/mol. The summed E-state index contributed by atoms with van der Waals surface area (Å²) < 4.78 is 5.36. The molecule has 26 heavy (non-hydrogen) atoms. The van der Waals surface area contributed by atoms with Crippen molar-refractivity contribution in [1.82, 2.24) is 4.90 Å². The molecule has 0 spiro atoms. The summed E-state index contributed by atoms with van der Waals surface area (Å²) in [6.07, 6.45) is 3.15. The standard InChI is InChI=1S/C21H24ClNO3/c1-4-23(5-2)14-16-12-18(20(25)13-21(16)26-3)19(24)11-8-15-6-9-17(22)10-7-15/h6-13,25H,4-5,14H2,1-3H3/b11-8+. The summed E-state index contributed by atoms with van der Waals surface area (Å²) in [7, 11) is 1.56. The van der Waals surface area contributed by atoms with Crippen LogP contribution in [0.1, 0.15) is 35.3 Å². The zero-order chi connectivity index (χ0) is 19.1. The van der Waals surface area contributed by atoms with E-state index < -0.39 is 0 Å². The first-order valence-corrected chi connectivity index (χ1v) is 8.96. The number of methoxy groups -OCH3 is 1. The number of hydrogen-bond acceptors (Lipinski definition) is 4. The number of nitrogens with zero attached hydrogens (tertiary/aromatic N) is 1. The van der Waals surface area contributed by atoms with Gasteiger partial charge in [0.2, 0.25) is 0 Å². The maximum absolute atomic E-state index is 12.6. The van der Waals surface area contributed by atoms with Crippen molar-refractivity contribution in [1.29, 1.82) is 0 Å². The Morgan fingerprint density at radius 1 is 1.19 bits per heavy atom. The summed E-state index contributed by atoms with van der Waals surface area (Å²) in [4.78, 5) is 14.8. The number of ether oxygens (including phenoxy) is 1. The van der Waals surface area contributed by atoms with E-state index in [0.29, 0.717) is 17.3 Å². The lowest BCUT2D eigenvalue weighted by molar-refractivity contribution is 0.104. The normalized spacial score (nSPS) is 11.3. The van der Waals surface area contributed by atoms with Crippen molar-refractivity contribution in [2.24, 2.45) is 0 Å². The number of hydrogen-bond donors (Lipinski definition) is 1. The molecule has 0 aliphatic heterocycles. The zero-order valence-corrected chi connectivity index (χ0v) is 16.1. The molecular weight excluding hydrogens is 350 g/mol. The van der Waals surface area contributed by atoms with Crippen molar-refractivity contribution in [2.75, 3.05) is 20.2 Å². The Balaban J connectivity index is 2.29. The lowest BCUT2D eigenvalue weighted by Crippen LogP contribution is -2.22. The third-order valence-corrected chi connectivity index (χ3v) is 4.50. The number of rotatable bonds is 8. The van der Waals surface area contributed by atoms with Crippen LogP contribution >= 0.6 is 11.6 Å². The number of carbonyl (C=O) groups is 1. The van der Waals surface area contributed by atoms with Crippen molar-refractivity contribution < 1.29 is 14.6 Å². The highest BCUT2D eigenvalue weighted by molar-refractivity contribution is 6.30. The van der Waals surface area contributed by atoms with Crippen LogP contribution in [0.5, 0.6) is 11.5 Å². The van der Waals surface area contributed by atoms with E-state index in [2.05, 4.69) is 18.7 Å². The van der Waals surface area contributed by atoms with Crippen molar-refractivity contribution in [3.8, 4) is 11.5 Å². The number of phenols is 1. The van der Waals surface area contributed by atoms with E-state index in [1.165, 1.54) is 12.1 Å². The van der Waals surface area contributed by atoms with Crippen molar-refractivity contribution in [3.63, 3.8) is 0 Å². The average molecular weight is 374 g/mol. The van der Waals surface area contributed by atoms with E-state index in [1.54, 1.807) is 31.4 Å². The minimum atomic E-state index is -0.263. The van der Waals surface area contributed by atoms with Crippen LogP contribution in [0.25, 0.3) is 6.08 Å². The molecule has 0 unspecified atom stereocenters. The number of phenolic OH excluding ortho intramolecular Hbond substituents is 1. The molecule has 0 amide bonds. The maximum atomic E-state index is 12.6. The van der Waals surface area contributed by atoms with Gasteiger partial charge < -0.3 is 9.84 Å². The molecule has 5 heteroatoms. The van der Waals surface area contributed by atoms with Gasteiger partial charge in [0.15, 0.2) is 5.78 Å². The van der Waals surface area contributed by atoms with Gasteiger partial charge in [-0.3, -0.25) is 9.69 Å². The van der Waals surface area contributed by atoms with Crippen LogP contribution in [-0.4, -0.2) is 36.0 Å². The van der Waals surface area contributed by atoms with Crippen LogP contribution in [-0.2, 0) is 6.54 Å². The van der Waals surface area contributed by atoms with Crippen molar-refractivity contribution in [2.45, 2.75) is 20.4 Å². The molecule has 0 fully saturated rings. The quantitative estimate of drug-likeness (QED) is 0.533. The Morgan fingerprint density at radius 2 is 1.85 bits per heavy atom. The number of carbonyl (C=O) groups excluding carboxylic acids is 1. The molecule has 2 rings (SSSR count). The first kappa shape index (κ1) is 20.0. The molecule has 2 aromatic rings. The Labute approximate surface area is 159 Å². The zero-order valence-electron chi connectivity index (χ0n) is 15.3. The van der Waals surface area contributed by atoms with E-state index in [0.717, 1.165) is 24.2 Å². The Hall–Kier alpha value is -2.30. The van der Waals surface area contributed by atoms with Crippen LogP contribution < -0.4 is 4.74 Å². The largest absolute Gasteiger partial charge is 0.507 e. The second-order valence-electron chi connectivity index (χ2n) is 5.89. The van der Waals surface area contributed by atoms with Gasteiger partial charge in [0.1, 0.15) is 11.5 Å². The molecule has 0 aliphatic carbocycles.